The van der Waals surface area contributed by atoms with Crippen LogP contribution >= 0.6 is 27.3 Å². The van der Waals surface area contributed by atoms with Crippen molar-refractivity contribution in [1.82, 2.24) is 9.66 Å². The van der Waals surface area contributed by atoms with Gasteiger partial charge in [0.1, 0.15) is 10.6 Å². The highest BCUT2D eigenvalue weighted by Gasteiger charge is 2.14. The highest BCUT2D eigenvalue weighted by Crippen LogP contribution is 2.23. The molecule has 0 amide bonds. The van der Waals surface area contributed by atoms with Gasteiger partial charge in [-0.1, -0.05) is 28.1 Å². The number of phenolic OH excluding ortho intramolecular Hbond substituents is 1. The zero-order valence-corrected chi connectivity index (χ0v) is 15.9. The summed E-state index contributed by atoms with van der Waals surface area (Å²) >= 11 is 4.85. The van der Waals surface area contributed by atoms with Crippen molar-refractivity contribution in [3.05, 3.63) is 80.4 Å². The number of aromatic nitrogens is 2. The molecule has 2 heterocycles. The molecule has 0 bridgehead atoms. The Kier molecular flexibility index (Phi) is 4.48. The molecule has 0 unspecified atom stereocenters. The Hall–Kier alpha value is -2.64. The number of nitrogens with one attached hydrogen (secondary N) is 1. The van der Waals surface area contributed by atoms with Crippen molar-refractivity contribution in [2.75, 3.05) is 5.43 Å². The van der Waals surface area contributed by atoms with Crippen LogP contribution in [-0.2, 0) is 6.54 Å². The second kappa shape index (κ2) is 6.93. The molecule has 0 saturated heterocycles. The molecule has 7 heteroatoms. The molecule has 0 aliphatic heterocycles. The highest BCUT2D eigenvalue weighted by molar-refractivity contribution is 9.10. The van der Waals surface area contributed by atoms with Gasteiger partial charge in [0.2, 0.25) is 0 Å². The van der Waals surface area contributed by atoms with Gasteiger partial charge in [0.15, 0.2) is 5.82 Å². The maximum absolute atomic E-state index is 12.9. The van der Waals surface area contributed by atoms with Crippen LogP contribution in [0.1, 0.15) is 5.56 Å². The molecule has 2 N–H and O–H groups in total. The molecule has 4 rings (SSSR count). The Morgan fingerprint density at radius 1 is 1.08 bits per heavy atom. The van der Waals surface area contributed by atoms with Gasteiger partial charge < -0.3 is 10.5 Å². The van der Waals surface area contributed by atoms with Crippen molar-refractivity contribution < 1.29 is 5.11 Å². The second-order valence-electron chi connectivity index (χ2n) is 5.72. The smallest absolute Gasteiger partial charge is 0.281 e. The minimum absolute atomic E-state index is 0.142. The lowest BCUT2D eigenvalue weighted by atomic mass is 10.2. The van der Waals surface area contributed by atoms with E-state index in [9.17, 15) is 9.90 Å². The molecule has 4 aromatic rings. The van der Waals surface area contributed by atoms with Gasteiger partial charge in [-0.15, -0.1) is 11.3 Å². The zero-order valence-electron chi connectivity index (χ0n) is 13.5. The Bertz CT molecular complexity index is 1120. The number of rotatable bonds is 4. The largest absolute Gasteiger partial charge is 0.508 e. The number of thiophene rings is 1. The summed E-state index contributed by atoms with van der Waals surface area (Å²) in [5.74, 6) is 0.685. The van der Waals surface area contributed by atoms with Crippen LogP contribution < -0.4 is 11.0 Å². The van der Waals surface area contributed by atoms with E-state index < -0.39 is 0 Å². The molecular formula is C19H14BrN3O2S. The molecule has 0 atom stereocenters. The first-order chi connectivity index (χ1) is 12.6. The van der Waals surface area contributed by atoms with E-state index in [4.69, 9.17) is 0 Å². The summed E-state index contributed by atoms with van der Waals surface area (Å²) in [5.41, 5.74) is 4.83. The lowest BCUT2D eigenvalue weighted by molar-refractivity contribution is 0.475. The molecule has 0 fully saturated rings. The number of benzene rings is 2. The first-order valence-corrected chi connectivity index (χ1v) is 9.57. The third-order valence-electron chi connectivity index (χ3n) is 3.98. The molecule has 0 radical (unpaired) electrons. The molecule has 2 aromatic heterocycles. The number of fused-ring (bicyclic) bond motifs is 1. The summed E-state index contributed by atoms with van der Waals surface area (Å²) in [6.45, 7) is 0.482. The van der Waals surface area contributed by atoms with E-state index in [1.807, 2.05) is 29.6 Å². The topological polar surface area (TPSA) is 67.1 Å². The molecule has 0 aliphatic rings. The monoisotopic (exact) mass is 427 g/mol. The maximum Gasteiger partial charge on any atom is 0.281 e. The molecule has 0 aliphatic carbocycles. The van der Waals surface area contributed by atoms with Gasteiger partial charge in [-0.25, -0.2) is 9.66 Å². The van der Waals surface area contributed by atoms with Crippen molar-refractivity contribution in [2.24, 2.45) is 0 Å². The average molecular weight is 428 g/mol. The Morgan fingerprint density at radius 3 is 2.54 bits per heavy atom. The highest BCUT2D eigenvalue weighted by atomic mass is 79.9. The maximum atomic E-state index is 12.9. The Morgan fingerprint density at radius 2 is 1.81 bits per heavy atom. The van der Waals surface area contributed by atoms with Crippen LogP contribution in [0, 0.1) is 0 Å². The minimum Gasteiger partial charge on any atom is -0.508 e. The van der Waals surface area contributed by atoms with Gasteiger partial charge in [-0.3, -0.25) is 4.79 Å². The summed E-state index contributed by atoms with van der Waals surface area (Å²) in [6.07, 6.45) is 0. The predicted molar refractivity (Wildman–Crippen MR) is 108 cm³/mol. The van der Waals surface area contributed by atoms with Crippen LogP contribution in [0.4, 0.5) is 0 Å². The SMILES string of the molecule is O=c1c2ccsc2nc(-c2ccc(O)cc2)n1NCc1ccc(Br)cc1. The van der Waals surface area contributed by atoms with Crippen LogP contribution in [-0.4, -0.2) is 14.8 Å². The molecule has 2 aromatic carbocycles. The predicted octanol–water partition coefficient (Wildman–Crippen LogP) is 4.34. The normalized spacial score (nSPS) is 11.0. The lowest BCUT2D eigenvalue weighted by Gasteiger charge is -2.15. The number of halogens is 1. The van der Waals surface area contributed by atoms with E-state index in [2.05, 4.69) is 26.3 Å². The van der Waals surface area contributed by atoms with Gasteiger partial charge in [0.05, 0.1) is 11.9 Å². The lowest BCUT2D eigenvalue weighted by Crippen LogP contribution is -2.31. The Labute approximate surface area is 161 Å². The van der Waals surface area contributed by atoms with Crippen LogP contribution in [0.5, 0.6) is 5.75 Å². The summed E-state index contributed by atoms with van der Waals surface area (Å²) in [7, 11) is 0. The summed E-state index contributed by atoms with van der Waals surface area (Å²) < 4.78 is 2.48. The van der Waals surface area contributed by atoms with Gasteiger partial charge in [-0.2, -0.15) is 0 Å². The number of aromatic hydroxyl groups is 1. The van der Waals surface area contributed by atoms with E-state index in [0.29, 0.717) is 22.6 Å². The number of hydrogen-bond acceptors (Lipinski definition) is 5. The Balaban J connectivity index is 1.79. The first-order valence-electron chi connectivity index (χ1n) is 7.90. The van der Waals surface area contributed by atoms with Crippen molar-refractivity contribution in [1.29, 1.82) is 0 Å². The quantitative estimate of drug-likeness (QED) is 0.508. The van der Waals surface area contributed by atoms with Crippen molar-refractivity contribution >= 4 is 37.5 Å². The van der Waals surface area contributed by atoms with Crippen molar-refractivity contribution in [2.45, 2.75) is 6.54 Å². The first kappa shape index (κ1) is 16.8. The fourth-order valence-electron chi connectivity index (χ4n) is 2.64. The van der Waals surface area contributed by atoms with Crippen molar-refractivity contribution in [3.63, 3.8) is 0 Å². The molecule has 26 heavy (non-hydrogen) atoms. The number of phenols is 1. The fourth-order valence-corrected chi connectivity index (χ4v) is 3.66. The van der Waals surface area contributed by atoms with Crippen LogP contribution in [0.25, 0.3) is 21.6 Å². The average Bonchev–Trinajstić information content (AvgIpc) is 3.12. The third kappa shape index (κ3) is 3.23. The molecule has 130 valence electrons. The van der Waals surface area contributed by atoms with Gasteiger partial charge in [-0.05, 0) is 53.4 Å². The van der Waals surface area contributed by atoms with Gasteiger partial charge in [0.25, 0.3) is 5.56 Å². The van der Waals surface area contributed by atoms with Crippen LogP contribution in [0.15, 0.2) is 69.2 Å². The summed E-state index contributed by atoms with van der Waals surface area (Å²) in [5, 5.41) is 12.0. The van der Waals surface area contributed by atoms with E-state index >= 15 is 0 Å². The summed E-state index contributed by atoms with van der Waals surface area (Å²) in [4.78, 5) is 18.3. The summed E-state index contributed by atoms with van der Waals surface area (Å²) in [6, 6.07) is 16.3. The van der Waals surface area contributed by atoms with Crippen LogP contribution in [0.2, 0.25) is 0 Å². The van der Waals surface area contributed by atoms with E-state index in [1.165, 1.54) is 16.0 Å². The van der Waals surface area contributed by atoms with E-state index in [1.54, 1.807) is 30.3 Å². The molecule has 0 saturated carbocycles. The molecule has 0 spiro atoms. The standard InChI is InChI=1S/C19H14BrN3O2S/c20-14-5-1-12(2-6-14)11-21-23-17(13-3-7-15(24)8-4-13)22-18-16(19(23)25)9-10-26-18/h1-10,21,24H,11H2. The molecular weight excluding hydrogens is 414 g/mol. The molecule has 5 nitrogen and oxygen atoms in total. The van der Waals surface area contributed by atoms with Gasteiger partial charge >= 0.3 is 0 Å². The number of hydrogen-bond donors (Lipinski definition) is 2. The van der Waals surface area contributed by atoms with E-state index in [-0.39, 0.29) is 11.3 Å². The zero-order chi connectivity index (χ0) is 18.1. The van der Waals surface area contributed by atoms with Crippen molar-refractivity contribution in [3.8, 4) is 17.1 Å². The third-order valence-corrected chi connectivity index (χ3v) is 5.31. The van der Waals surface area contributed by atoms with Gasteiger partial charge in [0, 0.05) is 10.0 Å². The van der Waals surface area contributed by atoms with Crippen LogP contribution in [0.3, 0.4) is 0 Å². The van der Waals surface area contributed by atoms with E-state index in [0.717, 1.165) is 15.6 Å². The fraction of sp³-hybridized carbons (Fsp3) is 0.0526. The minimum atomic E-state index is -0.142. The number of nitrogens with zero attached hydrogens (tertiary/aromatic N) is 2. The second-order valence-corrected chi connectivity index (χ2v) is 7.53.